The van der Waals surface area contributed by atoms with E-state index >= 15 is 0 Å². The highest BCUT2D eigenvalue weighted by Crippen LogP contribution is 2.56. The number of carbonyl (C=O) groups is 4. The lowest BCUT2D eigenvalue weighted by atomic mass is 9.95. The fourth-order valence-electron chi connectivity index (χ4n) is 4.60. The molecular formula is C25H23N3O6S. The summed E-state index contributed by atoms with van der Waals surface area (Å²) in [6, 6.07) is 15.0. The van der Waals surface area contributed by atoms with Gasteiger partial charge < -0.3 is 20.1 Å². The van der Waals surface area contributed by atoms with Gasteiger partial charge in [0.2, 0.25) is 5.91 Å². The van der Waals surface area contributed by atoms with Crippen LogP contribution in [0.1, 0.15) is 31.4 Å². The second-order valence-corrected chi connectivity index (χ2v) is 9.53. The molecule has 5 rings (SSSR count). The molecule has 2 aromatic rings. The molecule has 0 saturated carbocycles. The zero-order valence-electron chi connectivity index (χ0n) is 18.9. The van der Waals surface area contributed by atoms with Gasteiger partial charge in [0.25, 0.3) is 0 Å². The van der Waals surface area contributed by atoms with E-state index in [-0.39, 0.29) is 36.8 Å². The van der Waals surface area contributed by atoms with Crippen LogP contribution in [-0.2, 0) is 23.9 Å². The van der Waals surface area contributed by atoms with Crippen molar-refractivity contribution < 1.29 is 28.7 Å². The molecule has 3 amide bonds. The van der Waals surface area contributed by atoms with Gasteiger partial charge in [-0.2, -0.15) is 0 Å². The minimum atomic E-state index is -1.21. The van der Waals surface area contributed by atoms with Crippen LogP contribution in [0.3, 0.4) is 0 Å². The Bertz CT molecular complexity index is 1250. The van der Waals surface area contributed by atoms with E-state index in [1.54, 1.807) is 37.3 Å². The molecule has 10 heteroatoms. The van der Waals surface area contributed by atoms with Gasteiger partial charge in [-0.3, -0.25) is 9.69 Å². The third-order valence-electron chi connectivity index (χ3n) is 6.12. The van der Waals surface area contributed by atoms with Gasteiger partial charge in [0.1, 0.15) is 6.61 Å². The molecule has 9 nitrogen and oxygen atoms in total. The lowest BCUT2D eigenvalue weighted by molar-refractivity contribution is -0.146. The standard InChI is InChI=1S/C25H23N3O6S/c1-2-33-22(30)20-16(26-24(32)27-21(20)15-8-4-3-5-9-15)14-34-23(31)25-13-12-19(29)28(25)17-10-6-7-11-18(17)35-25/h3-11,21H,2,12-14H2,1H3,(H2,26,27,32)/t21-,25-/m0/s1. The van der Waals surface area contributed by atoms with Gasteiger partial charge in [-0.25, -0.2) is 14.4 Å². The predicted octanol–water partition coefficient (Wildman–Crippen LogP) is 3.03. The minimum Gasteiger partial charge on any atom is -0.463 e. The first kappa shape index (κ1) is 23.0. The molecule has 0 radical (unpaired) electrons. The molecule has 2 aromatic carbocycles. The Hall–Kier alpha value is -3.79. The van der Waals surface area contributed by atoms with E-state index in [0.29, 0.717) is 17.7 Å². The van der Waals surface area contributed by atoms with Gasteiger partial charge in [-0.15, -0.1) is 0 Å². The van der Waals surface area contributed by atoms with E-state index in [1.165, 1.54) is 16.7 Å². The Morgan fingerprint density at radius 3 is 2.60 bits per heavy atom. The van der Waals surface area contributed by atoms with Crippen molar-refractivity contribution in [1.82, 2.24) is 10.6 Å². The number of benzene rings is 2. The lowest BCUT2D eigenvalue weighted by Gasteiger charge is -2.31. The van der Waals surface area contributed by atoms with Gasteiger partial charge in [0, 0.05) is 17.7 Å². The number of esters is 2. The van der Waals surface area contributed by atoms with Crippen molar-refractivity contribution in [3.63, 3.8) is 0 Å². The first-order valence-corrected chi connectivity index (χ1v) is 12.1. The summed E-state index contributed by atoms with van der Waals surface area (Å²) in [5.74, 6) is -1.38. The second kappa shape index (κ2) is 9.10. The van der Waals surface area contributed by atoms with E-state index < -0.39 is 28.9 Å². The Kier molecular flexibility index (Phi) is 5.98. The smallest absolute Gasteiger partial charge is 0.343 e. The molecule has 0 aliphatic carbocycles. The molecule has 3 heterocycles. The van der Waals surface area contributed by atoms with Crippen LogP contribution in [0, 0.1) is 0 Å². The number of para-hydroxylation sites is 1. The SMILES string of the molecule is CCOC(=O)C1=C(COC(=O)[C@@]23CCC(=O)N2c2ccccc2S3)NC(=O)N[C@H]1c1ccccc1. The average Bonchev–Trinajstić information content (AvgIpc) is 3.38. The van der Waals surface area contributed by atoms with E-state index in [2.05, 4.69) is 10.6 Å². The summed E-state index contributed by atoms with van der Waals surface area (Å²) in [5, 5.41) is 5.34. The topological polar surface area (TPSA) is 114 Å². The molecule has 0 aromatic heterocycles. The number of nitrogens with zero attached hydrogens (tertiary/aromatic N) is 1. The Morgan fingerprint density at radius 2 is 1.83 bits per heavy atom. The normalized spacial score (nSPS) is 22.8. The third kappa shape index (κ3) is 3.93. The molecule has 0 unspecified atom stereocenters. The molecule has 2 N–H and O–H groups in total. The van der Waals surface area contributed by atoms with E-state index in [0.717, 1.165) is 4.90 Å². The zero-order chi connectivity index (χ0) is 24.6. The molecule has 0 bridgehead atoms. The summed E-state index contributed by atoms with van der Waals surface area (Å²) >= 11 is 1.29. The summed E-state index contributed by atoms with van der Waals surface area (Å²) in [5.41, 5.74) is 1.66. The van der Waals surface area contributed by atoms with Crippen LogP contribution in [0.15, 0.2) is 70.8 Å². The minimum absolute atomic E-state index is 0.139. The first-order valence-electron chi connectivity index (χ1n) is 11.3. The largest absolute Gasteiger partial charge is 0.463 e. The quantitative estimate of drug-likeness (QED) is 0.595. The van der Waals surface area contributed by atoms with E-state index in [4.69, 9.17) is 9.47 Å². The number of rotatable bonds is 6. The number of ether oxygens (including phenoxy) is 2. The van der Waals surface area contributed by atoms with Gasteiger partial charge in [0.15, 0.2) is 4.87 Å². The second-order valence-electron chi connectivity index (χ2n) is 8.21. The number of amides is 3. The maximum atomic E-state index is 13.4. The number of fused-ring (bicyclic) bond motifs is 3. The molecule has 1 fully saturated rings. The van der Waals surface area contributed by atoms with Crippen molar-refractivity contribution in [3.8, 4) is 0 Å². The highest BCUT2D eigenvalue weighted by atomic mass is 32.2. The molecule has 2 atom stereocenters. The molecule has 3 aliphatic rings. The number of nitrogens with one attached hydrogen (secondary N) is 2. The Labute approximate surface area is 205 Å². The Balaban J connectivity index is 1.45. The summed E-state index contributed by atoms with van der Waals surface area (Å²) in [6.45, 7) is 1.47. The summed E-state index contributed by atoms with van der Waals surface area (Å²) in [6.07, 6.45) is 0.526. The predicted molar refractivity (Wildman–Crippen MR) is 127 cm³/mol. The van der Waals surface area contributed by atoms with Crippen LogP contribution in [0.2, 0.25) is 0 Å². The number of urea groups is 1. The summed E-state index contributed by atoms with van der Waals surface area (Å²) in [7, 11) is 0. The van der Waals surface area contributed by atoms with Crippen LogP contribution in [0.5, 0.6) is 0 Å². The number of anilines is 1. The van der Waals surface area contributed by atoms with Gasteiger partial charge in [-0.05, 0) is 24.6 Å². The fourth-order valence-corrected chi connectivity index (χ4v) is 6.01. The number of hydrogen-bond acceptors (Lipinski definition) is 7. The van der Waals surface area contributed by atoms with Gasteiger partial charge in [-0.1, -0.05) is 54.2 Å². The molecule has 1 saturated heterocycles. The van der Waals surface area contributed by atoms with Crippen LogP contribution >= 0.6 is 11.8 Å². The first-order chi connectivity index (χ1) is 16.9. The highest BCUT2D eigenvalue weighted by molar-refractivity contribution is 8.02. The monoisotopic (exact) mass is 493 g/mol. The van der Waals surface area contributed by atoms with Crippen molar-refractivity contribution >= 4 is 41.3 Å². The molecule has 3 aliphatic heterocycles. The molecule has 35 heavy (non-hydrogen) atoms. The summed E-state index contributed by atoms with van der Waals surface area (Å²) < 4.78 is 10.9. The molecular weight excluding hydrogens is 470 g/mol. The number of hydrogen-bond donors (Lipinski definition) is 2. The van der Waals surface area contributed by atoms with E-state index in [1.807, 2.05) is 24.3 Å². The zero-order valence-corrected chi connectivity index (χ0v) is 19.7. The van der Waals surface area contributed by atoms with E-state index in [9.17, 15) is 19.2 Å². The lowest BCUT2D eigenvalue weighted by Crippen LogP contribution is -2.49. The van der Waals surface area contributed by atoms with Crippen molar-refractivity contribution in [2.45, 2.75) is 35.6 Å². The fraction of sp³-hybridized carbons (Fsp3) is 0.280. The Morgan fingerprint density at radius 1 is 1.09 bits per heavy atom. The van der Waals surface area contributed by atoms with Gasteiger partial charge in [0.05, 0.1) is 29.6 Å². The van der Waals surface area contributed by atoms with Crippen LogP contribution in [-0.4, -0.2) is 42.0 Å². The highest BCUT2D eigenvalue weighted by Gasteiger charge is 2.58. The number of carbonyl (C=O) groups excluding carboxylic acids is 4. The maximum Gasteiger partial charge on any atom is 0.343 e. The maximum absolute atomic E-state index is 13.4. The van der Waals surface area contributed by atoms with Crippen molar-refractivity contribution in [1.29, 1.82) is 0 Å². The van der Waals surface area contributed by atoms with Crippen molar-refractivity contribution in [2.75, 3.05) is 18.1 Å². The van der Waals surface area contributed by atoms with Crippen molar-refractivity contribution in [3.05, 3.63) is 71.4 Å². The third-order valence-corrected chi connectivity index (χ3v) is 7.58. The van der Waals surface area contributed by atoms with Crippen molar-refractivity contribution in [2.24, 2.45) is 0 Å². The van der Waals surface area contributed by atoms with Crippen LogP contribution in [0.25, 0.3) is 0 Å². The van der Waals surface area contributed by atoms with Crippen LogP contribution in [0.4, 0.5) is 10.5 Å². The number of thioether (sulfide) groups is 1. The average molecular weight is 494 g/mol. The summed E-state index contributed by atoms with van der Waals surface area (Å²) in [4.78, 5) is 52.6. The molecule has 0 spiro atoms. The molecule has 180 valence electrons. The van der Waals surface area contributed by atoms with Gasteiger partial charge >= 0.3 is 18.0 Å². The van der Waals surface area contributed by atoms with Crippen LogP contribution < -0.4 is 15.5 Å².